The highest BCUT2D eigenvalue weighted by Crippen LogP contribution is 2.38. The zero-order valence-electron chi connectivity index (χ0n) is 12.4. The van der Waals surface area contributed by atoms with Gasteiger partial charge in [-0.15, -0.1) is 5.10 Å². The maximum absolute atomic E-state index is 12.1. The first-order valence-electron chi connectivity index (χ1n) is 7.00. The van der Waals surface area contributed by atoms with Gasteiger partial charge in [0.1, 0.15) is 26.1 Å². The number of carboxylic acids is 1. The topological polar surface area (TPSA) is 116 Å². The van der Waals surface area contributed by atoms with E-state index in [2.05, 4.69) is 15.4 Å². The summed E-state index contributed by atoms with van der Waals surface area (Å²) in [5.41, 5.74) is 0.645. The van der Waals surface area contributed by atoms with Gasteiger partial charge in [-0.05, 0) is 17.7 Å². The molecule has 0 saturated heterocycles. The number of hydrogen-bond donors (Lipinski definition) is 2. The molecule has 1 aromatic carbocycles. The molecule has 0 radical (unpaired) electrons. The summed E-state index contributed by atoms with van der Waals surface area (Å²) >= 11 is 6.12. The van der Waals surface area contributed by atoms with E-state index < -0.39 is 5.97 Å². The summed E-state index contributed by atoms with van der Waals surface area (Å²) in [7, 11) is 0. The molecule has 1 amide bonds. The van der Waals surface area contributed by atoms with E-state index >= 15 is 0 Å². The summed E-state index contributed by atoms with van der Waals surface area (Å²) in [6.07, 6.45) is 1.26. The zero-order valence-corrected chi connectivity index (χ0v) is 13.1. The van der Waals surface area contributed by atoms with Crippen LogP contribution >= 0.6 is 11.6 Å². The molecule has 0 unspecified atom stereocenters. The lowest BCUT2D eigenvalue weighted by molar-refractivity contribution is -0.137. The summed E-state index contributed by atoms with van der Waals surface area (Å²) in [6.45, 7) is 0.516. The van der Waals surface area contributed by atoms with E-state index in [-0.39, 0.29) is 24.8 Å². The lowest BCUT2D eigenvalue weighted by atomic mass is 10.1. The first kappa shape index (κ1) is 16.1. The van der Waals surface area contributed by atoms with Gasteiger partial charge in [0, 0.05) is 0 Å². The average molecular weight is 353 g/mol. The molecule has 2 N–H and O–H groups in total. The molecule has 1 aliphatic heterocycles. The van der Waals surface area contributed by atoms with Crippen LogP contribution in [-0.2, 0) is 22.6 Å². The van der Waals surface area contributed by atoms with Crippen molar-refractivity contribution in [2.24, 2.45) is 0 Å². The normalized spacial score (nSPS) is 12.7. The Balaban J connectivity index is 1.65. The molecular weight excluding hydrogens is 340 g/mol. The van der Waals surface area contributed by atoms with Gasteiger partial charge < -0.3 is 14.6 Å². The van der Waals surface area contributed by atoms with Crippen LogP contribution in [0.2, 0.25) is 5.02 Å². The third-order valence-corrected chi connectivity index (χ3v) is 3.39. The van der Waals surface area contributed by atoms with Gasteiger partial charge in [0.25, 0.3) is 0 Å². The summed E-state index contributed by atoms with van der Waals surface area (Å²) in [5, 5.41) is 15.4. The minimum atomic E-state index is -1.05. The van der Waals surface area contributed by atoms with E-state index in [9.17, 15) is 9.59 Å². The maximum Gasteiger partial charge on any atom is 0.325 e. The van der Waals surface area contributed by atoms with Crippen molar-refractivity contribution in [3.05, 3.63) is 29.0 Å². The predicted molar refractivity (Wildman–Crippen MR) is 82.4 cm³/mol. The Kier molecular flexibility index (Phi) is 4.52. The number of aliphatic carboxylic acids is 1. The number of anilines is 1. The number of amides is 1. The van der Waals surface area contributed by atoms with E-state index in [1.54, 1.807) is 12.1 Å². The molecule has 1 aromatic heterocycles. The number of ether oxygens (including phenoxy) is 2. The number of carbonyl (C=O) groups is 2. The minimum absolute atomic E-state index is 0.0316. The first-order valence-corrected chi connectivity index (χ1v) is 7.38. The Morgan fingerprint density at radius 1 is 1.33 bits per heavy atom. The van der Waals surface area contributed by atoms with Gasteiger partial charge >= 0.3 is 5.97 Å². The van der Waals surface area contributed by atoms with Crippen LogP contribution < -0.4 is 14.8 Å². The molecule has 10 heteroatoms. The number of rotatable bonds is 5. The second-order valence-electron chi connectivity index (χ2n) is 4.99. The minimum Gasteiger partial charge on any atom is -0.486 e. The summed E-state index contributed by atoms with van der Waals surface area (Å²) < 4.78 is 12.0. The van der Waals surface area contributed by atoms with Gasteiger partial charge in [-0.2, -0.15) is 0 Å². The second kappa shape index (κ2) is 6.75. The van der Waals surface area contributed by atoms with Crippen LogP contribution in [0, 0.1) is 0 Å². The van der Waals surface area contributed by atoms with Crippen molar-refractivity contribution >= 4 is 29.4 Å². The molecular formula is C14H13ClN4O5. The van der Waals surface area contributed by atoms with E-state index in [0.29, 0.717) is 35.3 Å². The number of fused-ring (bicyclic) bond motifs is 1. The number of aromatic nitrogens is 3. The Morgan fingerprint density at radius 3 is 2.92 bits per heavy atom. The molecule has 0 fully saturated rings. The fourth-order valence-corrected chi connectivity index (χ4v) is 2.48. The van der Waals surface area contributed by atoms with Crippen LogP contribution in [0.3, 0.4) is 0 Å². The predicted octanol–water partition coefficient (Wildman–Crippen LogP) is 0.968. The highest BCUT2D eigenvalue weighted by molar-refractivity contribution is 6.32. The fraction of sp³-hybridized carbons (Fsp3) is 0.286. The van der Waals surface area contributed by atoms with E-state index in [4.69, 9.17) is 26.2 Å². The molecule has 0 saturated carbocycles. The van der Waals surface area contributed by atoms with E-state index in [0.717, 1.165) is 4.68 Å². The van der Waals surface area contributed by atoms with Crippen LogP contribution in [0.5, 0.6) is 11.5 Å². The number of halogens is 1. The Bertz CT molecular complexity index is 791. The Labute approximate surface area is 141 Å². The smallest absolute Gasteiger partial charge is 0.325 e. The molecule has 0 spiro atoms. The van der Waals surface area contributed by atoms with Gasteiger partial charge in [-0.25, -0.2) is 9.67 Å². The second-order valence-corrected chi connectivity index (χ2v) is 5.39. The van der Waals surface area contributed by atoms with Crippen molar-refractivity contribution in [1.29, 1.82) is 0 Å². The first-order chi connectivity index (χ1) is 11.5. The maximum atomic E-state index is 12.1. The van der Waals surface area contributed by atoms with Crippen LogP contribution in [0.25, 0.3) is 0 Å². The number of benzene rings is 1. The highest BCUT2D eigenvalue weighted by atomic mass is 35.5. The standard InChI is InChI=1S/C14H13ClN4O5/c15-9-3-8(4-10-13(9)24-2-1-23-10)5-11(20)17-14-16-7-19(18-14)6-12(21)22/h3-4,7H,1-2,5-6H2,(H,21,22)(H,17,18,20). The van der Waals surface area contributed by atoms with Crippen LogP contribution in [-0.4, -0.2) is 45.0 Å². The SMILES string of the molecule is O=C(O)Cn1cnc(NC(=O)Cc2cc(Cl)c3c(c2)OCCO3)n1. The van der Waals surface area contributed by atoms with Crippen molar-refractivity contribution in [3.8, 4) is 11.5 Å². The molecule has 2 aromatic rings. The lowest BCUT2D eigenvalue weighted by Gasteiger charge is -2.20. The van der Waals surface area contributed by atoms with Crippen LogP contribution in [0.4, 0.5) is 5.95 Å². The van der Waals surface area contributed by atoms with Crippen molar-refractivity contribution in [2.45, 2.75) is 13.0 Å². The summed E-state index contributed by atoms with van der Waals surface area (Å²) in [5.74, 6) is -0.411. The number of hydrogen-bond acceptors (Lipinski definition) is 6. The number of carbonyl (C=O) groups excluding carboxylic acids is 1. The molecule has 0 atom stereocenters. The number of nitrogens with zero attached hydrogens (tertiary/aromatic N) is 3. The van der Waals surface area contributed by atoms with Crippen molar-refractivity contribution in [2.75, 3.05) is 18.5 Å². The molecule has 2 heterocycles. The van der Waals surface area contributed by atoms with Gasteiger partial charge in [0.2, 0.25) is 11.9 Å². The third-order valence-electron chi connectivity index (χ3n) is 3.11. The fourth-order valence-electron chi connectivity index (χ4n) is 2.19. The summed E-state index contributed by atoms with van der Waals surface area (Å²) in [6, 6.07) is 3.32. The average Bonchev–Trinajstić information content (AvgIpc) is 2.93. The van der Waals surface area contributed by atoms with Crippen LogP contribution in [0.1, 0.15) is 5.56 Å². The van der Waals surface area contributed by atoms with Gasteiger partial charge in [0.05, 0.1) is 11.4 Å². The van der Waals surface area contributed by atoms with E-state index in [1.807, 2.05) is 0 Å². The molecule has 3 rings (SSSR count). The van der Waals surface area contributed by atoms with Crippen molar-refractivity contribution in [1.82, 2.24) is 14.8 Å². The molecule has 24 heavy (non-hydrogen) atoms. The monoisotopic (exact) mass is 352 g/mol. The van der Waals surface area contributed by atoms with Crippen LogP contribution in [0.15, 0.2) is 18.5 Å². The Morgan fingerprint density at radius 2 is 2.12 bits per heavy atom. The number of nitrogens with one attached hydrogen (secondary N) is 1. The quantitative estimate of drug-likeness (QED) is 0.823. The van der Waals surface area contributed by atoms with E-state index in [1.165, 1.54) is 6.33 Å². The van der Waals surface area contributed by atoms with Crippen molar-refractivity contribution in [3.63, 3.8) is 0 Å². The Hall–Kier alpha value is -2.81. The van der Waals surface area contributed by atoms with Gasteiger partial charge in [-0.3, -0.25) is 14.9 Å². The summed E-state index contributed by atoms with van der Waals surface area (Å²) in [4.78, 5) is 26.5. The van der Waals surface area contributed by atoms with Gasteiger partial charge in [0.15, 0.2) is 11.5 Å². The van der Waals surface area contributed by atoms with Crippen molar-refractivity contribution < 1.29 is 24.2 Å². The number of carboxylic acid groups (broad SMARTS) is 1. The third kappa shape index (κ3) is 3.74. The molecule has 9 nitrogen and oxygen atoms in total. The lowest BCUT2D eigenvalue weighted by Crippen LogP contribution is -2.18. The molecule has 0 aliphatic carbocycles. The highest BCUT2D eigenvalue weighted by Gasteiger charge is 2.18. The zero-order chi connectivity index (χ0) is 17.1. The largest absolute Gasteiger partial charge is 0.486 e. The molecule has 126 valence electrons. The molecule has 0 bridgehead atoms. The molecule has 1 aliphatic rings. The van der Waals surface area contributed by atoms with Gasteiger partial charge in [-0.1, -0.05) is 11.6 Å².